The zero-order valence-corrected chi connectivity index (χ0v) is 11.4. The molecule has 4 saturated carbocycles. The first-order chi connectivity index (χ1) is 9.35. The lowest BCUT2D eigenvalue weighted by Gasteiger charge is -2.54. The van der Waals surface area contributed by atoms with Gasteiger partial charge in [0.05, 0.1) is 0 Å². The number of ketones is 1. The van der Waals surface area contributed by atoms with Gasteiger partial charge in [0.25, 0.3) is 0 Å². The number of hydrogen-bond acceptors (Lipinski definition) is 6. The number of halogens is 2. The largest absolute Gasteiger partial charge is 0.483 e. The van der Waals surface area contributed by atoms with Crippen LogP contribution in [0.25, 0.3) is 0 Å². The van der Waals surface area contributed by atoms with E-state index in [1.807, 2.05) is 0 Å². The van der Waals surface area contributed by atoms with E-state index >= 15 is 0 Å². The molecule has 0 aromatic heterocycles. The summed E-state index contributed by atoms with van der Waals surface area (Å²) in [5, 5.41) is 0. The number of carbonyl (C=O) groups excluding carboxylic acids is 2. The number of alkyl halides is 2. The zero-order chi connectivity index (χ0) is 14.5. The highest BCUT2D eigenvalue weighted by Crippen LogP contribution is 2.55. The average Bonchev–Trinajstić information content (AvgIpc) is 2.34. The minimum atomic E-state index is -4.20. The maximum Gasteiger partial charge on any atom is 0.483 e. The Hall–Kier alpha value is -0.730. The molecule has 0 aromatic carbocycles. The van der Waals surface area contributed by atoms with E-state index in [0.717, 1.165) is 12.8 Å². The SMILES string of the molecule is O=C1C2CC3CC1CC(OC(=O)C(F)(F)OOS)(C3)C2. The topological polar surface area (TPSA) is 61.8 Å². The van der Waals surface area contributed by atoms with E-state index in [-0.39, 0.29) is 23.5 Å². The van der Waals surface area contributed by atoms with Gasteiger partial charge in [-0.25, -0.2) is 4.79 Å². The van der Waals surface area contributed by atoms with E-state index in [9.17, 15) is 18.4 Å². The van der Waals surface area contributed by atoms with Gasteiger partial charge in [0.2, 0.25) is 0 Å². The van der Waals surface area contributed by atoms with Crippen molar-refractivity contribution in [2.24, 2.45) is 17.8 Å². The van der Waals surface area contributed by atoms with Gasteiger partial charge in [-0.3, -0.25) is 4.79 Å². The lowest BCUT2D eigenvalue weighted by Crippen LogP contribution is -2.58. The molecule has 112 valence electrons. The zero-order valence-electron chi connectivity index (χ0n) is 10.5. The summed E-state index contributed by atoms with van der Waals surface area (Å²) in [6.45, 7) is 0. The molecule has 5 nitrogen and oxygen atoms in total. The van der Waals surface area contributed by atoms with Gasteiger partial charge in [-0.1, -0.05) is 0 Å². The van der Waals surface area contributed by atoms with Crippen LogP contribution in [0.1, 0.15) is 32.1 Å². The summed E-state index contributed by atoms with van der Waals surface area (Å²) in [7, 11) is 0. The first-order valence-electron chi connectivity index (χ1n) is 6.49. The van der Waals surface area contributed by atoms with Crippen molar-refractivity contribution in [2.75, 3.05) is 0 Å². The van der Waals surface area contributed by atoms with E-state index in [1.165, 1.54) is 0 Å². The molecule has 0 radical (unpaired) electrons. The Morgan fingerprint density at radius 2 is 1.85 bits per heavy atom. The van der Waals surface area contributed by atoms with Crippen LogP contribution in [-0.2, 0) is 23.5 Å². The number of ether oxygens (including phenoxy) is 1. The van der Waals surface area contributed by atoms with Gasteiger partial charge in [-0.15, -0.1) is 4.89 Å². The smallest absolute Gasteiger partial charge is 0.453 e. The van der Waals surface area contributed by atoms with Crippen molar-refractivity contribution in [1.29, 1.82) is 0 Å². The van der Waals surface area contributed by atoms with E-state index in [1.54, 1.807) is 0 Å². The maximum atomic E-state index is 13.2. The van der Waals surface area contributed by atoms with Crippen LogP contribution in [0.5, 0.6) is 0 Å². The quantitative estimate of drug-likeness (QED) is 0.283. The number of rotatable bonds is 4. The van der Waals surface area contributed by atoms with E-state index in [4.69, 9.17) is 4.74 Å². The molecule has 2 atom stereocenters. The summed E-state index contributed by atoms with van der Waals surface area (Å²) >= 11 is 3.02. The van der Waals surface area contributed by atoms with Gasteiger partial charge in [0, 0.05) is 24.7 Å². The average molecular weight is 308 g/mol. The lowest BCUT2D eigenvalue weighted by atomic mass is 9.53. The normalized spacial score (nSPS) is 39.1. The second-order valence-corrected chi connectivity index (χ2v) is 6.14. The lowest BCUT2D eigenvalue weighted by molar-refractivity contribution is -0.373. The highest BCUT2D eigenvalue weighted by Gasteiger charge is 2.59. The summed E-state index contributed by atoms with van der Waals surface area (Å²) in [4.78, 5) is 27.0. The van der Waals surface area contributed by atoms with Gasteiger partial charge in [0.1, 0.15) is 11.4 Å². The molecule has 4 aliphatic rings. The Bertz CT molecular complexity index is 437. The maximum absolute atomic E-state index is 13.2. The van der Waals surface area contributed by atoms with Crippen molar-refractivity contribution in [2.45, 2.75) is 43.8 Å². The van der Waals surface area contributed by atoms with Gasteiger partial charge in [-0.2, -0.15) is 13.1 Å². The van der Waals surface area contributed by atoms with Crippen LogP contribution in [0.2, 0.25) is 0 Å². The molecule has 0 aromatic rings. The summed E-state index contributed by atoms with van der Waals surface area (Å²) < 4.78 is 35.1. The highest BCUT2D eigenvalue weighted by atomic mass is 32.1. The van der Waals surface area contributed by atoms with Crippen LogP contribution >= 0.6 is 12.9 Å². The first-order valence-corrected chi connectivity index (χ1v) is 6.86. The highest BCUT2D eigenvalue weighted by molar-refractivity contribution is 7.74. The number of Topliss-reactive ketones (excluding diaryl/α,β-unsaturated/α-hetero) is 1. The molecule has 20 heavy (non-hydrogen) atoms. The van der Waals surface area contributed by atoms with E-state index in [0.29, 0.717) is 19.3 Å². The van der Waals surface area contributed by atoms with Crippen LogP contribution in [0.3, 0.4) is 0 Å². The minimum absolute atomic E-state index is 0.162. The molecule has 0 heterocycles. The molecule has 4 bridgehead atoms. The summed E-state index contributed by atoms with van der Waals surface area (Å²) in [6.07, 6.45) is -1.43. The molecular weight excluding hydrogens is 294 g/mol. The van der Waals surface area contributed by atoms with Crippen molar-refractivity contribution in [3.8, 4) is 0 Å². The summed E-state index contributed by atoms with van der Waals surface area (Å²) in [5.74, 6) is -1.65. The van der Waals surface area contributed by atoms with Crippen molar-refractivity contribution in [3.05, 3.63) is 0 Å². The third kappa shape index (κ3) is 2.23. The van der Waals surface area contributed by atoms with Crippen molar-refractivity contribution in [1.82, 2.24) is 0 Å². The van der Waals surface area contributed by atoms with Crippen LogP contribution < -0.4 is 0 Å². The van der Waals surface area contributed by atoms with E-state index in [2.05, 4.69) is 22.1 Å². The minimum Gasteiger partial charge on any atom is -0.453 e. The van der Waals surface area contributed by atoms with Crippen molar-refractivity contribution >= 4 is 24.7 Å². The molecule has 0 aliphatic heterocycles. The fraction of sp³-hybridized carbons (Fsp3) is 0.833. The fourth-order valence-corrected chi connectivity index (χ4v) is 4.23. The number of esters is 1. The third-order valence-electron chi connectivity index (χ3n) is 4.63. The van der Waals surface area contributed by atoms with Crippen LogP contribution in [0, 0.1) is 17.8 Å². The molecule has 4 rings (SSSR count). The van der Waals surface area contributed by atoms with Crippen molar-refractivity contribution in [3.63, 3.8) is 0 Å². The fourth-order valence-electron chi connectivity index (χ4n) is 4.14. The molecular formula is C12H14F2O5S. The molecule has 0 saturated heterocycles. The second-order valence-electron chi connectivity index (χ2n) is 5.99. The van der Waals surface area contributed by atoms with Gasteiger partial charge < -0.3 is 4.74 Å². The Morgan fingerprint density at radius 3 is 2.40 bits per heavy atom. The standard InChI is InChI=1S/C12H14F2O5S/c13-12(14,18-19-20)10(16)17-11-3-6-1-7(4-11)9(15)8(2-6)5-11/h6-8,20H,1-5H2. The van der Waals surface area contributed by atoms with Gasteiger partial charge in [0.15, 0.2) is 0 Å². The Balaban J connectivity index is 1.75. The molecule has 4 aliphatic carbocycles. The Labute approximate surface area is 119 Å². The molecule has 0 amide bonds. The van der Waals surface area contributed by atoms with Crippen LogP contribution in [0.15, 0.2) is 0 Å². The number of carbonyl (C=O) groups is 2. The molecule has 0 N–H and O–H groups in total. The Kier molecular flexibility index (Phi) is 3.30. The van der Waals surface area contributed by atoms with Crippen LogP contribution in [-0.4, -0.2) is 23.5 Å². The van der Waals surface area contributed by atoms with Gasteiger partial charge >= 0.3 is 12.1 Å². The predicted molar refractivity (Wildman–Crippen MR) is 63.5 cm³/mol. The third-order valence-corrected chi connectivity index (χ3v) is 4.70. The van der Waals surface area contributed by atoms with Crippen LogP contribution in [0.4, 0.5) is 8.78 Å². The molecule has 2 unspecified atom stereocenters. The Morgan fingerprint density at radius 1 is 1.25 bits per heavy atom. The van der Waals surface area contributed by atoms with E-state index < -0.39 is 17.7 Å². The number of hydrogen-bond donors (Lipinski definition) is 1. The van der Waals surface area contributed by atoms with Crippen molar-refractivity contribution < 1.29 is 32.3 Å². The van der Waals surface area contributed by atoms with Gasteiger partial charge in [-0.05, 0) is 38.0 Å². The monoisotopic (exact) mass is 308 g/mol. The molecule has 8 heteroatoms. The summed E-state index contributed by atoms with van der Waals surface area (Å²) in [6, 6.07) is 0. The molecule has 4 fully saturated rings. The molecule has 0 spiro atoms. The first kappa shape index (κ1) is 14.2. The second kappa shape index (κ2) is 4.64. The number of thiol groups is 1. The predicted octanol–water partition coefficient (Wildman–Crippen LogP) is 2.06. The summed E-state index contributed by atoms with van der Waals surface area (Å²) in [5.41, 5.74) is -0.953.